The predicted octanol–water partition coefficient (Wildman–Crippen LogP) is 2.35. The monoisotopic (exact) mass is 394 g/mol. The van der Waals surface area contributed by atoms with E-state index < -0.39 is 0 Å². The van der Waals surface area contributed by atoms with Crippen LogP contribution in [0.5, 0.6) is 0 Å². The summed E-state index contributed by atoms with van der Waals surface area (Å²) in [4.78, 5) is 39.8. The largest absolute Gasteiger partial charge is 0.376 e. The number of carbonyl (C=O) groups excluding carboxylic acids is 3. The number of rotatable bonds is 5. The first-order valence-electron chi connectivity index (χ1n) is 9.68. The van der Waals surface area contributed by atoms with Gasteiger partial charge in [-0.1, -0.05) is 24.3 Å². The van der Waals surface area contributed by atoms with Gasteiger partial charge in [-0.3, -0.25) is 14.4 Å². The zero-order valence-corrected chi connectivity index (χ0v) is 16.8. The van der Waals surface area contributed by atoms with Crippen molar-refractivity contribution in [3.63, 3.8) is 0 Å². The van der Waals surface area contributed by atoms with Crippen molar-refractivity contribution in [2.24, 2.45) is 0 Å². The first-order valence-corrected chi connectivity index (χ1v) is 9.68. The van der Waals surface area contributed by atoms with Crippen LogP contribution in [0.3, 0.4) is 0 Å². The molecule has 29 heavy (non-hydrogen) atoms. The SMILES string of the molecule is CC(=O)N1CCN(C(=O)CNc2cc(NC(=O)c3ccccc3)ccc2C)CC1. The van der Waals surface area contributed by atoms with Gasteiger partial charge in [-0.25, -0.2) is 0 Å². The van der Waals surface area contributed by atoms with Gasteiger partial charge >= 0.3 is 0 Å². The van der Waals surface area contributed by atoms with Crippen molar-refractivity contribution < 1.29 is 14.4 Å². The van der Waals surface area contributed by atoms with Crippen molar-refractivity contribution >= 4 is 29.1 Å². The maximum Gasteiger partial charge on any atom is 0.255 e. The minimum absolute atomic E-state index is 0.00803. The smallest absolute Gasteiger partial charge is 0.255 e. The molecule has 0 saturated carbocycles. The van der Waals surface area contributed by atoms with Crippen molar-refractivity contribution in [2.45, 2.75) is 13.8 Å². The second-order valence-electron chi connectivity index (χ2n) is 7.09. The number of nitrogens with zero attached hydrogens (tertiary/aromatic N) is 2. The number of anilines is 2. The number of nitrogens with one attached hydrogen (secondary N) is 2. The highest BCUT2D eigenvalue weighted by molar-refractivity contribution is 6.04. The lowest BCUT2D eigenvalue weighted by atomic mass is 10.1. The van der Waals surface area contributed by atoms with Crippen molar-refractivity contribution in [2.75, 3.05) is 43.4 Å². The molecule has 2 aromatic carbocycles. The minimum atomic E-state index is -0.181. The lowest BCUT2D eigenvalue weighted by Crippen LogP contribution is -2.51. The molecule has 0 atom stereocenters. The predicted molar refractivity (Wildman–Crippen MR) is 113 cm³/mol. The molecule has 1 aliphatic heterocycles. The first kappa shape index (κ1) is 20.4. The summed E-state index contributed by atoms with van der Waals surface area (Å²) in [6.45, 7) is 5.89. The number of aryl methyl sites for hydroxylation is 1. The van der Waals surface area contributed by atoms with E-state index in [2.05, 4.69) is 10.6 Å². The van der Waals surface area contributed by atoms with Gasteiger partial charge in [0, 0.05) is 50.0 Å². The van der Waals surface area contributed by atoms with Gasteiger partial charge in [0.1, 0.15) is 0 Å². The third-order valence-electron chi connectivity index (χ3n) is 5.04. The molecule has 1 aliphatic rings. The van der Waals surface area contributed by atoms with Crippen LogP contribution in [0.25, 0.3) is 0 Å². The summed E-state index contributed by atoms with van der Waals surface area (Å²) in [5.74, 6) is -0.147. The number of hydrogen-bond donors (Lipinski definition) is 2. The Morgan fingerprint density at radius 2 is 1.59 bits per heavy atom. The molecule has 0 aromatic heterocycles. The lowest BCUT2D eigenvalue weighted by Gasteiger charge is -2.34. The summed E-state index contributed by atoms with van der Waals surface area (Å²) in [5.41, 5.74) is 3.03. The second kappa shape index (κ2) is 9.23. The second-order valence-corrected chi connectivity index (χ2v) is 7.09. The molecular formula is C22H26N4O3. The molecule has 2 aromatic rings. The Morgan fingerprint density at radius 1 is 0.931 bits per heavy atom. The Hall–Kier alpha value is -3.35. The number of piperazine rings is 1. The van der Waals surface area contributed by atoms with Gasteiger partial charge in [-0.2, -0.15) is 0 Å². The van der Waals surface area contributed by atoms with E-state index >= 15 is 0 Å². The Kier molecular flexibility index (Phi) is 6.49. The van der Waals surface area contributed by atoms with Crippen LogP contribution in [0.15, 0.2) is 48.5 Å². The zero-order valence-electron chi connectivity index (χ0n) is 16.8. The minimum Gasteiger partial charge on any atom is -0.376 e. The molecule has 0 aliphatic carbocycles. The molecule has 1 saturated heterocycles. The molecular weight excluding hydrogens is 368 g/mol. The Morgan fingerprint density at radius 3 is 2.24 bits per heavy atom. The Labute approximate surface area is 170 Å². The number of benzene rings is 2. The fourth-order valence-corrected chi connectivity index (χ4v) is 3.24. The fraction of sp³-hybridized carbons (Fsp3) is 0.318. The molecule has 1 heterocycles. The van der Waals surface area contributed by atoms with Crippen LogP contribution >= 0.6 is 0 Å². The van der Waals surface area contributed by atoms with Gasteiger partial charge in [0.15, 0.2) is 0 Å². The summed E-state index contributed by atoms with van der Waals surface area (Å²) in [6, 6.07) is 14.6. The maximum atomic E-state index is 12.5. The van der Waals surface area contributed by atoms with E-state index in [1.807, 2.05) is 43.3 Å². The quantitative estimate of drug-likeness (QED) is 0.816. The van der Waals surface area contributed by atoms with Crippen LogP contribution < -0.4 is 10.6 Å². The molecule has 3 rings (SSSR count). The highest BCUT2D eigenvalue weighted by atomic mass is 16.2. The van der Waals surface area contributed by atoms with Gasteiger partial charge in [0.2, 0.25) is 11.8 Å². The van der Waals surface area contributed by atoms with Crippen LogP contribution in [-0.2, 0) is 9.59 Å². The first-order chi connectivity index (χ1) is 13.9. The van der Waals surface area contributed by atoms with E-state index in [0.717, 1.165) is 11.3 Å². The van der Waals surface area contributed by atoms with E-state index in [0.29, 0.717) is 37.4 Å². The van der Waals surface area contributed by atoms with Gasteiger partial charge in [0.25, 0.3) is 5.91 Å². The van der Waals surface area contributed by atoms with Crippen molar-refractivity contribution in [1.82, 2.24) is 9.80 Å². The molecule has 0 spiro atoms. The van der Waals surface area contributed by atoms with E-state index in [1.54, 1.807) is 28.9 Å². The summed E-state index contributed by atoms with van der Waals surface area (Å²) in [6.07, 6.45) is 0. The van der Waals surface area contributed by atoms with E-state index in [9.17, 15) is 14.4 Å². The summed E-state index contributed by atoms with van der Waals surface area (Å²) >= 11 is 0. The normalized spacial score (nSPS) is 13.7. The summed E-state index contributed by atoms with van der Waals surface area (Å²) < 4.78 is 0. The summed E-state index contributed by atoms with van der Waals surface area (Å²) in [5, 5.41) is 6.05. The van der Waals surface area contributed by atoms with Crippen LogP contribution in [0.4, 0.5) is 11.4 Å². The van der Waals surface area contributed by atoms with Gasteiger partial charge in [-0.15, -0.1) is 0 Å². The maximum absolute atomic E-state index is 12.5. The summed E-state index contributed by atoms with van der Waals surface area (Å²) in [7, 11) is 0. The highest BCUT2D eigenvalue weighted by Crippen LogP contribution is 2.21. The fourth-order valence-electron chi connectivity index (χ4n) is 3.24. The molecule has 0 radical (unpaired) electrons. The van der Waals surface area contributed by atoms with Crippen LogP contribution in [0.1, 0.15) is 22.8 Å². The Balaban J connectivity index is 1.57. The molecule has 3 amide bonds. The van der Waals surface area contributed by atoms with Crippen molar-refractivity contribution in [3.05, 3.63) is 59.7 Å². The molecule has 0 bridgehead atoms. The van der Waals surface area contributed by atoms with Crippen LogP contribution in [0.2, 0.25) is 0 Å². The van der Waals surface area contributed by atoms with Crippen LogP contribution in [0, 0.1) is 6.92 Å². The van der Waals surface area contributed by atoms with Crippen molar-refractivity contribution in [1.29, 1.82) is 0 Å². The van der Waals surface area contributed by atoms with Gasteiger partial charge < -0.3 is 20.4 Å². The molecule has 7 nitrogen and oxygen atoms in total. The average Bonchev–Trinajstić information content (AvgIpc) is 2.74. The third kappa shape index (κ3) is 5.34. The van der Waals surface area contributed by atoms with E-state index in [-0.39, 0.29) is 24.3 Å². The van der Waals surface area contributed by atoms with Crippen LogP contribution in [-0.4, -0.2) is 60.2 Å². The zero-order chi connectivity index (χ0) is 20.8. The highest BCUT2D eigenvalue weighted by Gasteiger charge is 2.22. The standard InChI is InChI=1S/C22H26N4O3/c1-16-8-9-19(24-22(29)18-6-4-3-5-7-18)14-20(16)23-15-21(28)26-12-10-25(11-13-26)17(2)27/h3-9,14,23H,10-13,15H2,1-2H3,(H,24,29). The topological polar surface area (TPSA) is 81.8 Å². The van der Waals surface area contributed by atoms with Gasteiger partial charge in [0.05, 0.1) is 6.54 Å². The van der Waals surface area contributed by atoms with E-state index in [1.165, 1.54) is 0 Å². The van der Waals surface area contributed by atoms with Gasteiger partial charge in [-0.05, 0) is 36.8 Å². The average molecular weight is 394 g/mol. The lowest BCUT2D eigenvalue weighted by molar-refractivity contribution is -0.137. The molecule has 2 N–H and O–H groups in total. The molecule has 0 unspecified atom stereocenters. The molecule has 152 valence electrons. The van der Waals surface area contributed by atoms with Crippen molar-refractivity contribution in [3.8, 4) is 0 Å². The van der Waals surface area contributed by atoms with E-state index in [4.69, 9.17) is 0 Å². The molecule has 7 heteroatoms. The number of amides is 3. The number of carbonyl (C=O) groups is 3. The Bertz CT molecular complexity index is 890. The molecule has 1 fully saturated rings. The number of hydrogen-bond acceptors (Lipinski definition) is 4. The third-order valence-corrected chi connectivity index (χ3v) is 5.04.